The minimum Gasteiger partial charge on any atom is -0.487 e. The molecule has 110 valence electrons. The van der Waals surface area contributed by atoms with Gasteiger partial charge in [-0.2, -0.15) is 0 Å². The third-order valence-corrected chi connectivity index (χ3v) is 4.10. The second-order valence-corrected chi connectivity index (χ2v) is 6.17. The number of aryl methyl sites for hydroxylation is 2. The van der Waals surface area contributed by atoms with Crippen molar-refractivity contribution in [2.24, 2.45) is 0 Å². The first-order chi connectivity index (χ1) is 9.72. The Morgan fingerprint density at radius 2 is 1.95 bits per heavy atom. The molecule has 0 bridgehead atoms. The third kappa shape index (κ3) is 3.53. The Kier molecular flexibility index (Phi) is 4.27. The lowest BCUT2D eigenvalue weighted by molar-refractivity contribution is 0.00687. The van der Waals surface area contributed by atoms with Gasteiger partial charge in [0.05, 0.1) is 6.61 Å². The predicted octanol–water partition coefficient (Wildman–Crippen LogP) is 3.11. The van der Waals surface area contributed by atoms with Gasteiger partial charge in [0.25, 0.3) is 0 Å². The molecule has 0 aromatic heterocycles. The fourth-order valence-corrected chi connectivity index (χ4v) is 2.85. The molecule has 1 unspecified atom stereocenters. The van der Waals surface area contributed by atoms with Crippen molar-refractivity contribution < 1.29 is 9.47 Å². The van der Waals surface area contributed by atoms with Crippen LogP contribution in [0.3, 0.4) is 0 Å². The summed E-state index contributed by atoms with van der Waals surface area (Å²) >= 11 is 0. The molecule has 0 amide bonds. The Hall–Kier alpha value is -1.06. The zero-order valence-electron chi connectivity index (χ0n) is 12.6. The lowest BCUT2D eigenvalue weighted by Crippen LogP contribution is -2.28. The molecule has 1 heterocycles. The molecule has 1 saturated heterocycles. The zero-order valence-corrected chi connectivity index (χ0v) is 12.6. The molecule has 1 saturated carbocycles. The van der Waals surface area contributed by atoms with Crippen LogP contribution in [0.5, 0.6) is 5.75 Å². The van der Waals surface area contributed by atoms with Gasteiger partial charge in [-0.25, -0.2) is 0 Å². The molecule has 2 aliphatic rings. The zero-order chi connectivity index (χ0) is 13.9. The summed E-state index contributed by atoms with van der Waals surface area (Å²) in [6, 6.07) is 5.26. The third-order valence-electron chi connectivity index (χ3n) is 4.10. The molecule has 3 nitrogen and oxygen atoms in total. The normalized spacial score (nSPS) is 22.8. The molecule has 3 heteroatoms. The summed E-state index contributed by atoms with van der Waals surface area (Å²) < 4.78 is 11.7. The number of rotatable bonds is 5. The highest BCUT2D eigenvalue weighted by molar-refractivity contribution is 5.43. The molecule has 1 aliphatic heterocycles. The Labute approximate surface area is 121 Å². The molecule has 1 aromatic rings. The van der Waals surface area contributed by atoms with Gasteiger partial charge in [-0.05, 0) is 56.2 Å². The SMILES string of the molecule is Cc1cc(CNC2CC2)cc(C)c1OC1CCCOC1. The van der Waals surface area contributed by atoms with Crippen molar-refractivity contribution in [3.63, 3.8) is 0 Å². The van der Waals surface area contributed by atoms with E-state index in [0.717, 1.165) is 44.4 Å². The molecular formula is C17H25NO2. The minimum atomic E-state index is 0.219. The molecule has 20 heavy (non-hydrogen) atoms. The summed E-state index contributed by atoms with van der Waals surface area (Å²) in [6.45, 7) is 6.87. The van der Waals surface area contributed by atoms with E-state index < -0.39 is 0 Å². The first-order valence-electron chi connectivity index (χ1n) is 7.80. The maximum absolute atomic E-state index is 6.16. The van der Waals surface area contributed by atoms with Crippen LogP contribution in [-0.4, -0.2) is 25.4 Å². The van der Waals surface area contributed by atoms with Crippen LogP contribution in [0.1, 0.15) is 42.4 Å². The Morgan fingerprint density at radius 1 is 1.20 bits per heavy atom. The van der Waals surface area contributed by atoms with Gasteiger partial charge >= 0.3 is 0 Å². The molecule has 1 atom stereocenters. The van der Waals surface area contributed by atoms with E-state index in [4.69, 9.17) is 9.47 Å². The van der Waals surface area contributed by atoms with Gasteiger partial charge in [0.15, 0.2) is 0 Å². The van der Waals surface area contributed by atoms with Crippen molar-refractivity contribution in [2.75, 3.05) is 13.2 Å². The molecule has 1 aromatic carbocycles. The molecule has 1 aliphatic carbocycles. The van der Waals surface area contributed by atoms with Gasteiger partial charge in [-0.15, -0.1) is 0 Å². The Bertz CT molecular complexity index is 439. The van der Waals surface area contributed by atoms with Crippen molar-refractivity contribution in [1.82, 2.24) is 5.32 Å². The van der Waals surface area contributed by atoms with Crippen LogP contribution in [-0.2, 0) is 11.3 Å². The topological polar surface area (TPSA) is 30.5 Å². The standard InChI is InChI=1S/C17H25NO2/c1-12-8-14(10-18-15-5-6-15)9-13(2)17(12)20-16-4-3-7-19-11-16/h8-9,15-16,18H,3-7,10-11H2,1-2H3. The van der Waals surface area contributed by atoms with E-state index in [1.807, 2.05) is 0 Å². The number of hydrogen-bond donors (Lipinski definition) is 1. The molecule has 0 radical (unpaired) electrons. The van der Waals surface area contributed by atoms with Crippen LogP contribution >= 0.6 is 0 Å². The van der Waals surface area contributed by atoms with E-state index in [-0.39, 0.29) is 6.10 Å². The predicted molar refractivity (Wildman–Crippen MR) is 80.2 cm³/mol. The summed E-state index contributed by atoms with van der Waals surface area (Å²) in [5.41, 5.74) is 3.84. The van der Waals surface area contributed by atoms with Gasteiger partial charge in [-0.3, -0.25) is 0 Å². The smallest absolute Gasteiger partial charge is 0.125 e. The van der Waals surface area contributed by atoms with E-state index in [1.165, 1.54) is 29.5 Å². The highest BCUT2D eigenvalue weighted by Crippen LogP contribution is 2.28. The highest BCUT2D eigenvalue weighted by atomic mass is 16.5. The fourth-order valence-electron chi connectivity index (χ4n) is 2.85. The Morgan fingerprint density at radius 3 is 2.55 bits per heavy atom. The van der Waals surface area contributed by atoms with Gasteiger partial charge in [-0.1, -0.05) is 12.1 Å². The van der Waals surface area contributed by atoms with Crippen molar-refractivity contribution >= 4 is 0 Å². The summed E-state index contributed by atoms with van der Waals surface area (Å²) in [4.78, 5) is 0. The van der Waals surface area contributed by atoms with Crippen molar-refractivity contribution in [2.45, 2.75) is 58.2 Å². The Balaban J connectivity index is 1.66. The quantitative estimate of drug-likeness (QED) is 0.895. The summed E-state index contributed by atoms with van der Waals surface area (Å²) in [6.07, 6.45) is 5.09. The number of benzene rings is 1. The first-order valence-corrected chi connectivity index (χ1v) is 7.80. The lowest BCUT2D eigenvalue weighted by atomic mass is 10.0. The van der Waals surface area contributed by atoms with E-state index in [9.17, 15) is 0 Å². The minimum absolute atomic E-state index is 0.219. The maximum Gasteiger partial charge on any atom is 0.125 e. The van der Waals surface area contributed by atoms with Crippen LogP contribution < -0.4 is 10.1 Å². The summed E-state index contributed by atoms with van der Waals surface area (Å²) in [7, 11) is 0. The van der Waals surface area contributed by atoms with Gasteiger partial charge in [0, 0.05) is 19.2 Å². The molecule has 0 spiro atoms. The summed E-state index contributed by atoms with van der Waals surface area (Å²) in [5, 5.41) is 3.57. The number of nitrogens with one attached hydrogen (secondary N) is 1. The van der Waals surface area contributed by atoms with Crippen LogP contribution in [0.15, 0.2) is 12.1 Å². The molecule has 2 fully saturated rings. The number of hydrogen-bond acceptors (Lipinski definition) is 3. The monoisotopic (exact) mass is 275 g/mol. The maximum atomic E-state index is 6.16. The van der Waals surface area contributed by atoms with Gasteiger partial charge < -0.3 is 14.8 Å². The molecule has 1 N–H and O–H groups in total. The lowest BCUT2D eigenvalue weighted by Gasteiger charge is -2.25. The van der Waals surface area contributed by atoms with Gasteiger partial charge in [0.1, 0.15) is 11.9 Å². The second-order valence-electron chi connectivity index (χ2n) is 6.17. The molecular weight excluding hydrogens is 250 g/mol. The largest absolute Gasteiger partial charge is 0.487 e. The van der Waals surface area contributed by atoms with Crippen molar-refractivity contribution in [3.05, 3.63) is 28.8 Å². The fraction of sp³-hybridized carbons (Fsp3) is 0.647. The highest BCUT2D eigenvalue weighted by Gasteiger charge is 2.21. The molecule has 3 rings (SSSR count). The van der Waals surface area contributed by atoms with Crippen LogP contribution in [0.2, 0.25) is 0 Å². The summed E-state index contributed by atoms with van der Waals surface area (Å²) in [5.74, 6) is 1.05. The van der Waals surface area contributed by atoms with E-state index in [2.05, 4.69) is 31.3 Å². The van der Waals surface area contributed by atoms with Gasteiger partial charge in [0.2, 0.25) is 0 Å². The van der Waals surface area contributed by atoms with E-state index in [1.54, 1.807) is 0 Å². The second kappa shape index (κ2) is 6.15. The van der Waals surface area contributed by atoms with Crippen molar-refractivity contribution in [1.29, 1.82) is 0 Å². The number of ether oxygens (including phenoxy) is 2. The van der Waals surface area contributed by atoms with Crippen LogP contribution in [0, 0.1) is 13.8 Å². The average molecular weight is 275 g/mol. The van der Waals surface area contributed by atoms with E-state index >= 15 is 0 Å². The van der Waals surface area contributed by atoms with E-state index in [0.29, 0.717) is 0 Å². The van der Waals surface area contributed by atoms with Crippen LogP contribution in [0.25, 0.3) is 0 Å². The van der Waals surface area contributed by atoms with Crippen LogP contribution in [0.4, 0.5) is 0 Å². The van der Waals surface area contributed by atoms with Crippen molar-refractivity contribution in [3.8, 4) is 5.75 Å². The average Bonchev–Trinajstić information content (AvgIpc) is 3.26. The first kappa shape index (κ1) is 13.9.